The molecule has 0 aliphatic rings. The first-order chi connectivity index (χ1) is 8.19. The SMILES string of the molecule is OCC(Cc1cc(Br)cs1)c1ccc(Br)cc1. The molecule has 1 nitrogen and oxygen atoms in total. The molecule has 0 saturated carbocycles. The largest absolute Gasteiger partial charge is 0.396 e. The lowest BCUT2D eigenvalue weighted by molar-refractivity contribution is 0.265. The van der Waals surface area contributed by atoms with E-state index in [4.69, 9.17) is 0 Å². The Labute approximate surface area is 122 Å². The van der Waals surface area contributed by atoms with Crippen LogP contribution in [0.1, 0.15) is 16.4 Å². The highest BCUT2D eigenvalue weighted by molar-refractivity contribution is 9.10. The van der Waals surface area contributed by atoms with Crippen molar-refractivity contribution >= 4 is 43.2 Å². The molecule has 0 saturated heterocycles. The lowest BCUT2D eigenvalue weighted by Crippen LogP contribution is -2.06. The van der Waals surface area contributed by atoms with Crippen LogP contribution in [-0.4, -0.2) is 11.7 Å². The molecule has 0 fully saturated rings. The Morgan fingerprint density at radius 3 is 2.35 bits per heavy atom. The zero-order chi connectivity index (χ0) is 12.3. The Morgan fingerprint density at radius 2 is 1.82 bits per heavy atom. The second-order valence-electron chi connectivity index (χ2n) is 3.87. The third kappa shape index (κ3) is 3.65. The number of aliphatic hydroxyl groups excluding tert-OH is 1. The van der Waals surface area contributed by atoms with Gasteiger partial charge in [0.1, 0.15) is 0 Å². The van der Waals surface area contributed by atoms with Crippen molar-refractivity contribution in [2.75, 3.05) is 6.61 Å². The molecular formula is C13H12Br2OS. The van der Waals surface area contributed by atoms with E-state index in [2.05, 4.69) is 55.4 Å². The van der Waals surface area contributed by atoms with E-state index in [-0.39, 0.29) is 12.5 Å². The minimum atomic E-state index is 0.175. The Hall–Kier alpha value is -0.160. The fraction of sp³-hybridized carbons (Fsp3) is 0.231. The maximum atomic E-state index is 9.50. The molecule has 1 aromatic heterocycles. The van der Waals surface area contributed by atoms with Crippen LogP contribution < -0.4 is 0 Å². The number of halogens is 2. The molecule has 0 amide bonds. The summed E-state index contributed by atoms with van der Waals surface area (Å²) in [5.74, 6) is 0.175. The van der Waals surface area contributed by atoms with E-state index in [1.807, 2.05) is 12.1 Å². The molecule has 17 heavy (non-hydrogen) atoms. The van der Waals surface area contributed by atoms with Gasteiger partial charge in [-0.15, -0.1) is 11.3 Å². The van der Waals surface area contributed by atoms with Crippen LogP contribution in [0.3, 0.4) is 0 Å². The summed E-state index contributed by atoms with van der Waals surface area (Å²) < 4.78 is 2.18. The van der Waals surface area contributed by atoms with Crippen LogP contribution in [0.15, 0.2) is 44.7 Å². The third-order valence-corrected chi connectivity index (χ3v) is 4.88. The van der Waals surface area contributed by atoms with Crippen molar-refractivity contribution in [3.05, 3.63) is 55.1 Å². The molecule has 1 aromatic carbocycles. The van der Waals surface area contributed by atoms with Crippen LogP contribution >= 0.6 is 43.2 Å². The van der Waals surface area contributed by atoms with Gasteiger partial charge in [0.2, 0.25) is 0 Å². The third-order valence-electron chi connectivity index (χ3n) is 2.63. The van der Waals surface area contributed by atoms with Gasteiger partial charge in [0.15, 0.2) is 0 Å². The summed E-state index contributed by atoms with van der Waals surface area (Å²) in [6, 6.07) is 10.3. The smallest absolute Gasteiger partial charge is 0.0503 e. The van der Waals surface area contributed by atoms with Crippen LogP contribution in [-0.2, 0) is 6.42 Å². The fourth-order valence-corrected chi connectivity index (χ4v) is 3.52. The predicted octanol–water partition coefficient (Wildman–Crippen LogP) is 4.59. The molecule has 90 valence electrons. The van der Waals surface area contributed by atoms with E-state index in [1.165, 1.54) is 10.4 Å². The van der Waals surface area contributed by atoms with Gasteiger partial charge in [-0.3, -0.25) is 0 Å². The molecule has 0 bridgehead atoms. The molecule has 1 N–H and O–H groups in total. The van der Waals surface area contributed by atoms with Gasteiger partial charge >= 0.3 is 0 Å². The topological polar surface area (TPSA) is 20.2 Å². The van der Waals surface area contributed by atoms with Gasteiger partial charge in [-0.05, 0) is 46.1 Å². The minimum Gasteiger partial charge on any atom is -0.396 e. The molecular weight excluding hydrogens is 364 g/mol. The Balaban J connectivity index is 2.13. The highest BCUT2D eigenvalue weighted by Gasteiger charge is 2.12. The first-order valence-corrected chi connectivity index (χ1v) is 7.75. The fourth-order valence-electron chi connectivity index (χ4n) is 1.73. The van der Waals surface area contributed by atoms with Crippen LogP contribution in [0.5, 0.6) is 0 Å². The quantitative estimate of drug-likeness (QED) is 0.828. The summed E-state index contributed by atoms with van der Waals surface area (Å²) in [6.07, 6.45) is 0.883. The number of benzene rings is 1. The van der Waals surface area contributed by atoms with Crippen molar-refractivity contribution in [3.63, 3.8) is 0 Å². The summed E-state index contributed by atoms with van der Waals surface area (Å²) in [7, 11) is 0. The van der Waals surface area contributed by atoms with Gasteiger partial charge in [-0.2, -0.15) is 0 Å². The first-order valence-electron chi connectivity index (χ1n) is 5.28. The van der Waals surface area contributed by atoms with Crippen molar-refractivity contribution in [1.29, 1.82) is 0 Å². The van der Waals surface area contributed by atoms with Gasteiger partial charge in [0.25, 0.3) is 0 Å². The monoisotopic (exact) mass is 374 g/mol. The van der Waals surface area contributed by atoms with E-state index in [0.29, 0.717) is 0 Å². The number of thiophene rings is 1. The maximum absolute atomic E-state index is 9.50. The molecule has 0 aliphatic carbocycles. The lowest BCUT2D eigenvalue weighted by Gasteiger charge is -2.13. The second kappa shape index (κ2) is 6.14. The van der Waals surface area contributed by atoms with Crippen LogP contribution in [0.2, 0.25) is 0 Å². The summed E-state index contributed by atoms with van der Waals surface area (Å²) in [5, 5.41) is 11.6. The van der Waals surface area contributed by atoms with Crippen LogP contribution in [0, 0.1) is 0 Å². The number of rotatable bonds is 4. The van der Waals surface area contributed by atoms with Gasteiger partial charge in [0.05, 0.1) is 6.61 Å². The summed E-state index contributed by atoms with van der Waals surface area (Å²) in [6.45, 7) is 0.178. The van der Waals surface area contributed by atoms with Gasteiger partial charge in [0, 0.05) is 25.1 Å². The Kier molecular flexibility index (Phi) is 4.79. The van der Waals surface area contributed by atoms with Crippen molar-refractivity contribution in [1.82, 2.24) is 0 Å². The van der Waals surface area contributed by atoms with Gasteiger partial charge < -0.3 is 5.11 Å². The lowest BCUT2D eigenvalue weighted by atomic mass is 9.96. The van der Waals surface area contributed by atoms with Crippen LogP contribution in [0.4, 0.5) is 0 Å². The zero-order valence-electron chi connectivity index (χ0n) is 9.07. The maximum Gasteiger partial charge on any atom is 0.0503 e. The molecule has 0 radical (unpaired) electrons. The second-order valence-corrected chi connectivity index (χ2v) is 6.69. The van der Waals surface area contributed by atoms with E-state index >= 15 is 0 Å². The number of hydrogen-bond acceptors (Lipinski definition) is 2. The molecule has 1 atom stereocenters. The summed E-state index contributed by atoms with van der Waals surface area (Å²) in [5.41, 5.74) is 1.18. The summed E-state index contributed by atoms with van der Waals surface area (Å²) >= 11 is 8.60. The van der Waals surface area contributed by atoms with E-state index in [9.17, 15) is 5.11 Å². The Morgan fingerprint density at radius 1 is 1.12 bits per heavy atom. The summed E-state index contributed by atoms with van der Waals surface area (Å²) in [4.78, 5) is 1.29. The van der Waals surface area contributed by atoms with E-state index in [0.717, 1.165) is 15.4 Å². The zero-order valence-corrected chi connectivity index (χ0v) is 13.1. The van der Waals surface area contributed by atoms with Crippen molar-refractivity contribution in [2.24, 2.45) is 0 Å². The Bertz CT molecular complexity index is 478. The van der Waals surface area contributed by atoms with E-state index in [1.54, 1.807) is 11.3 Å². The van der Waals surface area contributed by atoms with Crippen molar-refractivity contribution in [2.45, 2.75) is 12.3 Å². The normalized spacial score (nSPS) is 12.6. The van der Waals surface area contributed by atoms with Crippen LogP contribution in [0.25, 0.3) is 0 Å². The average Bonchev–Trinajstić information content (AvgIpc) is 2.73. The number of hydrogen-bond donors (Lipinski definition) is 1. The number of aliphatic hydroxyl groups is 1. The first kappa shape index (κ1) is 13.3. The molecule has 2 aromatic rings. The standard InChI is InChI=1S/C13H12Br2OS/c14-11-3-1-9(2-4-11)10(7-16)5-13-6-12(15)8-17-13/h1-4,6,8,10,16H,5,7H2. The highest BCUT2D eigenvalue weighted by Crippen LogP contribution is 2.27. The van der Waals surface area contributed by atoms with Gasteiger partial charge in [-0.25, -0.2) is 0 Å². The average molecular weight is 376 g/mol. The highest BCUT2D eigenvalue weighted by atomic mass is 79.9. The molecule has 1 heterocycles. The molecule has 0 aliphatic heterocycles. The van der Waals surface area contributed by atoms with Gasteiger partial charge in [-0.1, -0.05) is 28.1 Å². The van der Waals surface area contributed by atoms with Crippen molar-refractivity contribution in [3.8, 4) is 0 Å². The van der Waals surface area contributed by atoms with E-state index < -0.39 is 0 Å². The molecule has 1 unspecified atom stereocenters. The molecule has 2 rings (SSSR count). The molecule has 0 spiro atoms. The minimum absolute atomic E-state index is 0.175. The predicted molar refractivity (Wildman–Crippen MR) is 79.7 cm³/mol. The van der Waals surface area contributed by atoms with Crippen molar-refractivity contribution < 1.29 is 5.11 Å². The molecule has 4 heteroatoms.